The molecule has 0 spiro atoms. The van der Waals surface area contributed by atoms with Crippen molar-refractivity contribution in [3.05, 3.63) is 21.4 Å². The van der Waals surface area contributed by atoms with Gasteiger partial charge in [-0.3, -0.25) is 4.99 Å². The summed E-state index contributed by atoms with van der Waals surface area (Å²) in [6.45, 7) is 7.02. The van der Waals surface area contributed by atoms with E-state index in [-0.39, 0.29) is 0 Å². The highest BCUT2D eigenvalue weighted by molar-refractivity contribution is 7.12. The van der Waals surface area contributed by atoms with Gasteiger partial charge in [0.05, 0.1) is 12.4 Å². The van der Waals surface area contributed by atoms with Gasteiger partial charge in [-0.15, -0.1) is 11.3 Å². The van der Waals surface area contributed by atoms with Gasteiger partial charge in [-0.25, -0.2) is 0 Å². The molecule has 1 aromatic rings. The lowest BCUT2D eigenvalue weighted by Crippen LogP contribution is -2.09. The zero-order chi connectivity index (χ0) is 9.84. The average Bonchev–Trinajstić information content (AvgIpc) is 2.42. The molecule has 1 rings (SSSR count). The summed E-state index contributed by atoms with van der Waals surface area (Å²) in [5.41, 5.74) is 6.97. The third-order valence-electron chi connectivity index (χ3n) is 2.02. The van der Waals surface area contributed by atoms with Crippen LogP contribution in [0, 0.1) is 13.8 Å². The van der Waals surface area contributed by atoms with E-state index >= 15 is 0 Å². The van der Waals surface area contributed by atoms with Crippen molar-refractivity contribution in [1.29, 1.82) is 0 Å². The molecule has 0 bridgehead atoms. The van der Waals surface area contributed by atoms with Crippen LogP contribution in [0.1, 0.15) is 28.7 Å². The molecule has 0 aliphatic carbocycles. The fourth-order valence-electron chi connectivity index (χ4n) is 1.02. The van der Waals surface area contributed by atoms with E-state index in [0.717, 1.165) is 18.8 Å². The molecular formula is C10H16N2S. The summed E-state index contributed by atoms with van der Waals surface area (Å²) in [6.07, 6.45) is 0.837. The van der Waals surface area contributed by atoms with Crippen LogP contribution >= 0.6 is 11.3 Å². The van der Waals surface area contributed by atoms with E-state index in [9.17, 15) is 0 Å². The van der Waals surface area contributed by atoms with Gasteiger partial charge in [-0.05, 0) is 25.5 Å². The van der Waals surface area contributed by atoms with E-state index < -0.39 is 0 Å². The fraction of sp³-hybridized carbons (Fsp3) is 0.500. The molecule has 0 unspecified atom stereocenters. The average molecular weight is 196 g/mol. The first-order chi connectivity index (χ1) is 6.13. The smallest absolute Gasteiger partial charge is 0.0938 e. The zero-order valence-corrected chi connectivity index (χ0v) is 9.24. The van der Waals surface area contributed by atoms with Crippen LogP contribution in [-0.4, -0.2) is 5.84 Å². The number of aliphatic imine (C=N–C) groups is 1. The molecule has 1 aromatic heterocycles. The maximum Gasteiger partial charge on any atom is 0.0938 e. The zero-order valence-electron chi connectivity index (χ0n) is 8.42. The van der Waals surface area contributed by atoms with Gasteiger partial charge >= 0.3 is 0 Å². The third-order valence-corrected chi connectivity index (χ3v) is 3.15. The fourth-order valence-corrected chi connectivity index (χ4v) is 2.00. The van der Waals surface area contributed by atoms with Gasteiger partial charge in [0.15, 0.2) is 0 Å². The SMILES string of the molecule is CCC(N)=NCc1cc(C)c(C)s1. The number of thiophene rings is 1. The Morgan fingerprint density at radius 2 is 2.23 bits per heavy atom. The molecule has 13 heavy (non-hydrogen) atoms. The lowest BCUT2D eigenvalue weighted by molar-refractivity contribution is 1.06. The van der Waals surface area contributed by atoms with Crippen LogP contribution in [-0.2, 0) is 6.54 Å². The number of aryl methyl sites for hydroxylation is 2. The summed E-state index contributed by atoms with van der Waals surface area (Å²) >= 11 is 1.80. The van der Waals surface area contributed by atoms with Crippen LogP contribution in [0.15, 0.2) is 11.1 Å². The van der Waals surface area contributed by atoms with E-state index in [2.05, 4.69) is 24.9 Å². The van der Waals surface area contributed by atoms with Crippen molar-refractivity contribution in [3.8, 4) is 0 Å². The Kier molecular flexibility index (Phi) is 3.48. The van der Waals surface area contributed by atoms with Crippen molar-refractivity contribution in [2.24, 2.45) is 10.7 Å². The van der Waals surface area contributed by atoms with Crippen molar-refractivity contribution < 1.29 is 0 Å². The molecule has 3 heteroatoms. The Labute approximate surface area is 83.5 Å². The van der Waals surface area contributed by atoms with Crippen molar-refractivity contribution in [2.45, 2.75) is 33.7 Å². The highest BCUT2D eigenvalue weighted by Gasteiger charge is 2.00. The highest BCUT2D eigenvalue weighted by Crippen LogP contribution is 2.21. The monoisotopic (exact) mass is 196 g/mol. The standard InChI is InChI=1S/C10H16N2S/c1-4-10(11)12-6-9-5-7(2)8(3)13-9/h5H,4,6H2,1-3H3,(H2,11,12). The molecule has 0 fully saturated rings. The predicted molar refractivity (Wildman–Crippen MR) is 59.4 cm³/mol. The number of nitrogens with two attached hydrogens (primary N) is 1. The van der Waals surface area contributed by atoms with Crippen molar-refractivity contribution >= 4 is 17.2 Å². The van der Waals surface area contributed by atoms with Crippen LogP contribution < -0.4 is 5.73 Å². The van der Waals surface area contributed by atoms with Crippen molar-refractivity contribution in [2.75, 3.05) is 0 Å². The lowest BCUT2D eigenvalue weighted by atomic mass is 10.3. The molecule has 72 valence electrons. The van der Waals surface area contributed by atoms with Crippen LogP contribution in [0.2, 0.25) is 0 Å². The summed E-state index contributed by atoms with van der Waals surface area (Å²) in [6, 6.07) is 2.19. The van der Waals surface area contributed by atoms with Gasteiger partial charge < -0.3 is 5.73 Å². The maximum atomic E-state index is 5.62. The first-order valence-corrected chi connectivity index (χ1v) is 5.29. The summed E-state index contributed by atoms with van der Waals surface area (Å²) in [7, 11) is 0. The van der Waals surface area contributed by atoms with E-state index in [1.165, 1.54) is 15.3 Å². The first-order valence-electron chi connectivity index (χ1n) is 4.48. The van der Waals surface area contributed by atoms with E-state index in [1.54, 1.807) is 11.3 Å². The van der Waals surface area contributed by atoms with Gasteiger partial charge in [0, 0.05) is 16.2 Å². The molecule has 1 heterocycles. The van der Waals surface area contributed by atoms with Gasteiger partial charge in [0.25, 0.3) is 0 Å². The molecule has 0 amide bonds. The van der Waals surface area contributed by atoms with E-state index in [1.807, 2.05) is 6.92 Å². The molecular weight excluding hydrogens is 180 g/mol. The summed E-state index contributed by atoms with van der Waals surface area (Å²) < 4.78 is 0. The second-order valence-corrected chi connectivity index (χ2v) is 4.45. The molecule has 0 aromatic carbocycles. The topological polar surface area (TPSA) is 38.4 Å². The Morgan fingerprint density at radius 3 is 2.69 bits per heavy atom. The number of amidine groups is 1. The summed E-state index contributed by atoms with van der Waals surface area (Å²) in [5.74, 6) is 0.740. The molecule has 2 nitrogen and oxygen atoms in total. The van der Waals surface area contributed by atoms with Crippen LogP contribution in [0.25, 0.3) is 0 Å². The van der Waals surface area contributed by atoms with Crippen molar-refractivity contribution in [3.63, 3.8) is 0 Å². The molecule has 0 saturated heterocycles. The van der Waals surface area contributed by atoms with Gasteiger partial charge in [-0.1, -0.05) is 6.92 Å². The van der Waals surface area contributed by atoms with E-state index in [0.29, 0.717) is 0 Å². The highest BCUT2D eigenvalue weighted by atomic mass is 32.1. The molecule has 0 aliphatic rings. The maximum absolute atomic E-state index is 5.62. The Balaban J connectivity index is 2.65. The Bertz CT molecular complexity index is 293. The molecule has 0 saturated carbocycles. The quantitative estimate of drug-likeness (QED) is 0.585. The van der Waals surface area contributed by atoms with E-state index in [4.69, 9.17) is 5.73 Å². The van der Waals surface area contributed by atoms with Gasteiger partial charge in [0.2, 0.25) is 0 Å². The van der Waals surface area contributed by atoms with Crippen LogP contribution in [0.3, 0.4) is 0 Å². The Morgan fingerprint density at radius 1 is 1.54 bits per heavy atom. The summed E-state index contributed by atoms with van der Waals surface area (Å²) in [5, 5.41) is 0. The second kappa shape index (κ2) is 4.42. The number of hydrogen-bond donors (Lipinski definition) is 1. The normalized spacial score (nSPS) is 12.1. The first kappa shape index (κ1) is 10.3. The van der Waals surface area contributed by atoms with Crippen LogP contribution in [0.4, 0.5) is 0 Å². The minimum absolute atomic E-state index is 0.735. The lowest BCUT2D eigenvalue weighted by Gasteiger charge is -1.93. The number of hydrogen-bond acceptors (Lipinski definition) is 2. The minimum Gasteiger partial charge on any atom is -0.387 e. The number of nitrogens with zero attached hydrogens (tertiary/aromatic N) is 1. The van der Waals surface area contributed by atoms with Gasteiger partial charge in [0.1, 0.15) is 0 Å². The largest absolute Gasteiger partial charge is 0.387 e. The molecule has 0 radical (unpaired) electrons. The van der Waals surface area contributed by atoms with Crippen LogP contribution in [0.5, 0.6) is 0 Å². The third kappa shape index (κ3) is 2.84. The molecule has 0 aliphatic heterocycles. The molecule has 2 N–H and O–H groups in total. The van der Waals surface area contributed by atoms with Crippen molar-refractivity contribution in [1.82, 2.24) is 0 Å². The summed E-state index contributed by atoms with van der Waals surface area (Å²) in [4.78, 5) is 6.95. The second-order valence-electron chi connectivity index (χ2n) is 3.11. The Hall–Kier alpha value is -0.830. The minimum atomic E-state index is 0.735. The van der Waals surface area contributed by atoms with Gasteiger partial charge in [-0.2, -0.15) is 0 Å². The molecule has 0 atom stereocenters. The predicted octanol–water partition coefficient (Wildman–Crippen LogP) is 2.63. The number of rotatable bonds is 3.